The quantitative estimate of drug-likeness (QED) is 0.580. The van der Waals surface area contributed by atoms with Gasteiger partial charge in [-0.2, -0.15) is 0 Å². The first-order valence-electron chi connectivity index (χ1n) is 11.0. The largest absolute Gasteiger partial charge is 0.457 e. The van der Waals surface area contributed by atoms with Gasteiger partial charge < -0.3 is 28.7 Å². The first kappa shape index (κ1) is 25.6. The van der Waals surface area contributed by atoms with Gasteiger partial charge >= 0.3 is 11.9 Å². The number of hydrogen-bond acceptors (Lipinski definition) is 8. The lowest BCUT2D eigenvalue weighted by atomic mass is 10.1. The lowest BCUT2D eigenvalue weighted by Gasteiger charge is -2.36. The van der Waals surface area contributed by atoms with Gasteiger partial charge in [-0.1, -0.05) is 0 Å². The van der Waals surface area contributed by atoms with Crippen LogP contribution in [0.4, 0.5) is 10.1 Å². The van der Waals surface area contributed by atoms with Gasteiger partial charge in [-0.05, 0) is 39.0 Å². The van der Waals surface area contributed by atoms with E-state index in [1.54, 1.807) is 20.8 Å². The van der Waals surface area contributed by atoms with Crippen LogP contribution >= 0.6 is 0 Å². The first-order valence-corrected chi connectivity index (χ1v) is 11.0. The normalized spacial score (nSPS) is 20.0. The van der Waals surface area contributed by atoms with Crippen molar-refractivity contribution < 1.29 is 42.5 Å². The van der Waals surface area contributed by atoms with Gasteiger partial charge in [0.1, 0.15) is 11.4 Å². The maximum Gasteiger partial charge on any atom is 0.351 e. The third-order valence-electron chi connectivity index (χ3n) is 5.12. The van der Waals surface area contributed by atoms with E-state index < -0.39 is 47.4 Å². The Morgan fingerprint density at radius 3 is 2.41 bits per heavy atom. The Morgan fingerprint density at radius 1 is 1.12 bits per heavy atom. The fraction of sp³-hybridized carbons (Fsp3) is 0.565. The van der Waals surface area contributed by atoms with Crippen LogP contribution < -0.4 is 4.90 Å². The molecule has 0 N–H and O–H groups in total. The summed E-state index contributed by atoms with van der Waals surface area (Å²) in [6.07, 6.45) is -3.09. The number of morpholine rings is 2. The molecule has 2 aliphatic rings. The number of carbonyl (C=O) groups is 4. The van der Waals surface area contributed by atoms with Crippen LogP contribution in [0.15, 0.2) is 18.2 Å². The van der Waals surface area contributed by atoms with E-state index in [4.69, 9.17) is 18.9 Å². The van der Waals surface area contributed by atoms with Crippen molar-refractivity contribution in [1.82, 2.24) is 4.90 Å². The Balaban J connectivity index is 1.86. The summed E-state index contributed by atoms with van der Waals surface area (Å²) >= 11 is 0. The molecule has 0 spiro atoms. The molecule has 1 aromatic carbocycles. The molecule has 11 heteroatoms. The molecule has 0 aromatic heterocycles. The third-order valence-corrected chi connectivity index (χ3v) is 5.12. The van der Waals surface area contributed by atoms with Crippen LogP contribution in [0.2, 0.25) is 0 Å². The number of ether oxygens (including phenoxy) is 4. The molecule has 0 saturated carbocycles. The molecular weight excluding hydrogens is 451 g/mol. The average Bonchev–Trinajstić information content (AvgIpc) is 2.77. The van der Waals surface area contributed by atoms with Crippen LogP contribution in [0.25, 0.3) is 0 Å². The Bertz CT molecular complexity index is 955. The summed E-state index contributed by atoms with van der Waals surface area (Å²) in [5.41, 5.74) is -0.820. The van der Waals surface area contributed by atoms with Crippen molar-refractivity contribution in [3.05, 3.63) is 29.6 Å². The molecule has 2 heterocycles. The number of nitrogens with zero attached hydrogens (tertiary/aromatic N) is 2. The summed E-state index contributed by atoms with van der Waals surface area (Å²) in [6, 6.07) is 3.76. The van der Waals surface area contributed by atoms with E-state index in [-0.39, 0.29) is 24.4 Å². The Hall–Kier alpha value is -3.05. The van der Waals surface area contributed by atoms with Crippen molar-refractivity contribution in [2.75, 3.05) is 44.4 Å². The van der Waals surface area contributed by atoms with Crippen molar-refractivity contribution in [2.24, 2.45) is 0 Å². The van der Waals surface area contributed by atoms with E-state index in [1.165, 1.54) is 21.9 Å². The summed E-state index contributed by atoms with van der Waals surface area (Å²) in [5.74, 6) is -3.62. The zero-order valence-electron chi connectivity index (χ0n) is 19.7. The fourth-order valence-corrected chi connectivity index (χ4v) is 3.63. The minimum absolute atomic E-state index is 0.0150. The lowest BCUT2D eigenvalue weighted by molar-refractivity contribution is -0.188. The van der Waals surface area contributed by atoms with Crippen molar-refractivity contribution in [3.63, 3.8) is 0 Å². The Morgan fingerprint density at radius 2 is 1.79 bits per heavy atom. The number of rotatable bonds is 5. The highest BCUT2D eigenvalue weighted by Crippen LogP contribution is 2.26. The Kier molecular flexibility index (Phi) is 7.88. The molecule has 10 nitrogen and oxygen atoms in total. The highest BCUT2D eigenvalue weighted by atomic mass is 19.1. The van der Waals surface area contributed by atoms with Crippen molar-refractivity contribution in [1.29, 1.82) is 0 Å². The second kappa shape index (κ2) is 10.5. The van der Waals surface area contributed by atoms with E-state index in [2.05, 4.69) is 0 Å². The van der Waals surface area contributed by atoms with E-state index in [0.717, 1.165) is 13.0 Å². The summed E-state index contributed by atoms with van der Waals surface area (Å²) < 4.78 is 35.7. The summed E-state index contributed by atoms with van der Waals surface area (Å²) in [5, 5.41) is 0. The molecule has 2 unspecified atom stereocenters. The van der Waals surface area contributed by atoms with Gasteiger partial charge in [0.05, 0.1) is 25.4 Å². The van der Waals surface area contributed by atoms with Crippen LogP contribution in [0.5, 0.6) is 0 Å². The summed E-state index contributed by atoms with van der Waals surface area (Å²) in [6.45, 7) is 7.51. The zero-order chi connectivity index (χ0) is 25.0. The number of hydrogen-bond donors (Lipinski definition) is 0. The van der Waals surface area contributed by atoms with E-state index in [0.29, 0.717) is 26.3 Å². The van der Waals surface area contributed by atoms with Gasteiger partial charge in [-0.3, -0.25) is 14.4 Å². The van der Waals surface area contributed by atoms with E-state index in [1.807, 2.05) is 0 Å². The number of anilines is 1. The van der Waals surface area contributed by atoms with Crippen LogP contribution in [0.1, 0.15) is 38.1 Å². The minimum atomic E-state index is -1.62. The maximum absolute atomic E-state index is 14.5. The number of esters is 2. The lowest BCUT2D eigenvalue weighted by Crippen LogP contribution is -2.56. The molecule has 34 heavy (non-hydrogen) atoms. The SMILES string of the molecule is CC(=O)OC(C(=O)OC(C)(C)C)C1OCCN(c2ccc(F)c(C(=O)N3CCOCC3)c2)C1=O. The molecule has 2 aliphatic heterocycles. The highest BCUT2D eigenvalue weighted by Gasteiger charge is 2.44. The monoisotopic (exact) mass is 480 g/mol. The van der Waals surface area contributed by atoms with Gasteiger partial charge in [0, 0.05) is 32.2 Å². The maximum atomic E-state index is 14.5. The molecule has 0 radical (unpaired) electrons. The van der Waals surface area contributed by atoms with Gasteiger partial charge in [-0.25, -0.2) is 9.18 Å². The average molecular weight is 480 g/mol. The Labute approximate surface area is 196 Å². The molecule has 2 saturated heterocycles. The zero-order valence-corrected chi connectivity index (χ0v) is 19.7. The van der Waals surface area contributed by atoms with Gasteiger partial charge in [0.2, 0.25) is 6.10 Å². The smallest absolute Gasteiger partial charge is 0.351 e. The number of amides is 2. The predicted octanol–water partition coefficient (Wildman–Crippen LogP) is 1.30. The molecule has 186 valence electrons. The highest BCUT2D eigenvalue weighted by molar-refractivity contribution is 6.02. The van der Waals surface area contributed by atoms with Crippen LogP contribution in [0.3, 0.4) is 0 Å². The molecule has 2 amide bonds. The van der Waals surface area contributed by atoms with E-state index >= 15 is 0 Å². The van der Waals surface area contributed by atoms with Crippen LogP contribution in [0, 0.1) is 5.82 Å². The van der Waals surface area contributed by atoms with Crippen molar-refractivity contribution in [2.45, 2.75) is 45.5 Å². The second-order valence-corrected chi connectivity index (χ2v) is 8.91. The molecule has 3 rings (SSSR count). The van der Waals surface area contributed by atoms with Crippen molar-refractivity contribution >= 4 is 29.4 Å². The molecule has 2 atom stereocenters. The standard InChI is InChI=1S/C23H29FN2O8/c1-14(27)33-19(22(30)34-23(2,3)4)18-21(29)26(9-12-32-18)15-5-6-17(24)16(13-15)20(28)25-7-10-31-11-8-25/h5-6,13,18-19H,7-12H2,1-4H3. The number of halogens is 1. The van der Waals surface area contributed by atoms with Gasteiger partial charge in [0.25, 0.3) is 11.8 Å². The second-order valence-electron chi connectivity index (χ2n) is 8.91. The molecule has 1 aromatic rings. The minimum Gasteiger partial charge on any atom is -0.457 e. The van der Waals surface area contributed by atoms with Crippen molar-refractivity contribution in [3.8, 4) is 0 Å². The topological polar surface area (TPSA) is 112 Å². The molecule has 2 fully saturated rings. The first-order chi connectivity index (χ1) is 16.0. The fourth-order valence-electron chi connectivity index (χ4n) is 3.63. The van der Waals surface area contributed by atoms with Crippen LogP contribution in [-0.4, -0.2) is 85.9 Å². The number of carbonyl (C=O) groups excluding carboxylic acids is 4. The van der Waals surface area contributed by atoms with E-state index in [9.17, 15) is 23.6 Å². The third kappa shape index (κ3) is 6.09. The summed E-state index contributed by atoms with van der Waals surface area (Å²) in [7, 11) is 0. The molecule has 0 aliphatic carbocycles. The van der Waals surface area contributed by atoms with Gasteiger partial charge in [-0.15, -0.1) is 0 Å². The molecular formula is C23H29FN2O8. The molecule has 0 bridgehead atoms. The summed E-state index contributed by atoms with van der Waals surface area (Å²) in [4.78, 5) is 53.2. The van der Waals surface area contributed by atoms with Gasteiger partial charge in [0.15, 0.2) is 6.10 Å². The number of benzene rings is 1. The predicted molar refractivity (Wildman–Crippen MR) is 117 cm³/mol. The van der Waals surface area contributed by atoms with Crippen LogP contribution in [-0.2, 0) is 33.3 Å².